The number of nitrogens with one attached hydrogen (secondary N) is 1. The summed E-state index contributed by atoms with van der Waals surface area (Å²) in [6, 6.07) is 15.5. The zero-order valence-electron chi connectivity index (χ0n) is 19.5. The molecule has 37 heavy (non-hydrogen) atoms. The number of amides is 1. The summed E-state index contributed by atoms with van der Waals surface area (Å²) in [5.41, 5.74) is 3.14. The molecule has 2 aromatic carbocycles. The molecule has 0 aliphatic heterocycles. The predicted molar refractivity (Wildman–Crippen MR) is 142 cm³/mol. The normalized spacial score (nSPS) is 10.8. The molecule has 0 saturated heterocycles. The number of benzene rings is 2. The van der Waals surface area contributed by atoms with E-state index < -0.39 is 5.91 Å². The van der Waals surface area contributed by atoms with Crippen molar-refractivity contribution in [1.82, 2.24) is 19.5 Å². The number of aromatic nitrogens is 4. The van der Waals surface area contributed by atoms with Gasteiger partial charge in [-0.3, -0.25) is 24.5 Å². The van der Waals surface area contributed by atoms with Crippen molar-refractivity contribution in [1.29, 1.82) is 5.26 Å². The zero-order valence-corrected chi connectivity index (χ0v) is 21.1. The number of aryl methyl sites for hydroxylation is 1. The molecule has 182 valence electrons. The van der Waals surface area contributed by atoms with E-state index in [1.807, 2.05) is 13.0 Å². The van der Waals surface area contributed by atoms with Gasteiger partial charge in [-0.25, -0.2) is 4.98 Å². The number of nitrogens with zero attached hydrogens (tertiary/aromatic N) is 5. The quantitative estimate of drug-likeness (QED) is 0.340. The van der Waals surface area contributed by atoms with E-state index in [1.165, 1.54) is 17.1 Å². The molecule has 0 aliphatic carbocycles. The van der Waals surface area contributed by atoms with Gasteiger partial charge < -0.3 is 4.74 Å². The maximum Gasteiger partial charge on any atom is 0.277 e. The number of methoxy groups -OCH3 is 1. The standard InChI is InChI=1S/C26H17ClN6O3S/c1-14-9-18(19-10-16(27)5-8-21(19)36-2)20(12-29-14)24(34)32-26-31-23-22(37-26)25(35)33(13-30-23)17-6-3-15(11-28)4-7-17/h3-10,12-13H,1-2H3,(H,31,32,34). The van der Waals surface area contributed by atoms with E-state index in [-0.39, 0.29) is 26.6 Å². The lowest BCUT2D eigenvalue weighted by molar-refractivity contribution is 0.102. The van der Waals surface area contributed by atoms with Crippen LogP contribution >= 0.6 is 22.9 Å². The fourth-order valence-corrected chi connectivity index (χ4v) is 4.78. The molecule has 9 nitrogen and oxygen atoms in total. The molecule has 3 aromatic heterocycles. The van der Waals surface area contributed by atoms with Crippen molar-refractivity contribution in [3.63, 3.8) is 0 Å². The van der Waals surface area contributed by atoms with Crippen LogP contribution in [-0.2, 0) is 0 Å². The average molecular weight is 529 g/mol. The van der Waals surface area contributed by atoms with Gasteiger partial charge >= 0.3 is 0 Å². The topological polar surface area (TPSA) is 123 Å². The van der Waals surface area contributed by atoms with Crippen molar-refractivity contribution in [2.24, 2.45) is 0 Å². The fraction of sp³-hybridized carbons (Fsp3) is 0.0769. The molecular weight excluding hydrogens is 512 g/mol. The highest BCUT2D eigenvalue weighted by Crippen LogP contribution is 2.35. The van der Waals surface area contributed by atoms with Crippen LogP contribution in [0.25, 0.3) is 27.2 Å². The summed E-state index contributed by atoms with van der Waals surface area (Å²) < 4.78 is 7.12. The van der Waals surface area contributed by atoms with Crippen LogP contribution in [-0.4, -0.2) is 32.5 Å². The van der Waals surface area contributed by atoms with Gasteiger partial charge in [-0.1, -0.05) is 22.9 Å². The van der Waals surface area contributed by atoms with Gasteiger partial charge in [-0.2, -0.15) is 10.2 Å². The number of thiazole rings is 1. The zero-order chi connectivity index (χ0) is 26.1. The number of carbonyl (C=O) groups excluding carboxylic acids is 1. The number of anilines is 1. The average Bonchev–Trinajstić information content (AvgIpc) is 3.32. The predicted octanol–water partition coefficient (Wildman–Crippen LogP) is 5.00. The maximum absolute atomic E-state index is 13.3. The van der Waals surface area contributed by atoms with Gasteiger partial charge in [-0.05, 0) is 55.5 Å². The third kappa shape index (κ3) is 4.65. The Labute approximate surface area is 219 Å². The van der Waals surface area contributed by atoms with Gasteiger partial charge in [0.15, 0.2) is 10.8 Å². The molecule has 11 heteroatoms. The van der Waals surface area contributed by atoms with E-state index in [1.54, 1.807) is 55.6 Å². The summed E-state index contributed by atoms with van der Waals surface area (Å²) in [5, 5.41) is 12.5. The van der Waals surface area contributed by atoms with Crippen LogP contribution in [0.15, 0.2) is 65.8 Å². The second-order valence-electron chi connectivity index (χ2n) is 7.92. The first-order chi connectivity index (χ1) is 17.9. The van der Waals surface area contributed by atoms with Crippen LogP contribution in [0.2, 0.25) is 5.02 Å². The maximum atomic E-state index is 13.3. The molecule has 0 aliphatic rings. The van der Waals surface area contributed by atoms with Gasteiger partial charge in [0.05, 0.1) is 30.0 Å². The number of fused-ring (bicyclic) bond motifs is 1. The van der Waals surface area contributed by atoms with Crippen LogP contribution in [0.5, 0.6) is 5.75 Å². The second kappa shape index (κ2) is 9.81. The Bertz CT molecular complexity index is 1770. The SMILES string of the molecule is COc1ccc(Cl)cc1-c1cc(C)ncc1C(=O)Nc1nc2ncn(-c3ccc(C#N)cc3)c(=O)c2s1. The molecular formula is C26H17ClN6O3S. The number of pyridine rings is 1. The summed E-state index contributed by atoms with van der Waals surface area (Å²) in [7, 11) is 1.54. The molecule has 3 heterocycles. The van der Waals surface area contributed by atoms with Crippen LogP contribution in [0, 0.1) is 18.3 Å². The highest BCUT2D eigenvalue weighted by molar-refractivity contribution is 7.22. The van der Waals surface area contributed by atoms with E-state index >= 15 is 0 Å². The van der Waals surface area contributed by atoms with Gasteiger partial charge in [0, 0.05) is 28.0 Å². The third-order valence-electron chi connectivity index (χ3n) is 5.55. The fourth-order valence-electron chi connectivity index (χ4n) is 3.77. The summed E-state index contributed by atoms with van der Waals surface area (Å²) in [6.07, 6.45) is 2.84. The lowest BCUT2D eigenvalue weighted by Gasteiger charge is -2.13. The molecule has 0 spiro atoms. The number of rotatable bonds is 5. The van der Waals surface area contributed by atoms with Gasteiger partial charge in [0.25, 0.3) is 11.5 Å². The number of halogens is 1. The van der Waals surface area contributed by atoms with E-state index in [2.05, 4.69) is 20.3 Å². The van der Waals surface area contributed by atoms with Crippen molar-refractivity contribution in [2.75, 3.05) is 12.4 Å². The molecule has 0 bridgehead atoms. The van der Waals surface area contributed by atoms with Crippen molar-refractivity contribution in [3.05, 3.63) is 93.3 Å². The van der Waals surface area contributed by atoms with Gasteiger partial charge in [0.1, 0.15) is 16.8 Å². The minimum atomic E-state index is -0.462. The molecule has 5 rings (SSSR count). The Morgan fingerprint density at radius 3 is 2.65 bits per heavy atom. The number of hydrogen-bond acceptors (Lipinski definition) is 8. The summed E-state index contributed by atoms with van der Waals surface area (Å²) in [4.78, 5) is 39.3. The lowest BCUT2D eigenvalue weighted by atomic mass is 9.99. The Morgan fingerprint density at radius 2 is 1.92 bits per heavy atom. The number of hydrogen-bond donors (Lipinski definition) is 1. The number of ether oxygens (including phenoxy) is 1. The lowest BCUT2D eigenvalue weighted by Crippen LogP contribution is -2.17. The van der Waals surface area contributed by atoms with E-state index in [0.29, 0.717) is 38.8 Å². The highest BCUT2D eigenvalue weighted by Gasteiger charge is 2.20. The van der Waals surface area contributed by atoms with Crippen LogP contribution < -0.4 is 15.6 Å². The summed E-state index contributed by atoms with van der Waals surface area (Å²) in [6.45, 7) is 1.82. The van der Waals surface area contributed by atoms with Gasteiger partial charge in [-0.15, -0.1) is 0 Å². The molecule has 1 N–H and O–H groups in total. The number of carbonyl (C=O) groups is 1. The number of nitriles is 1. The van der Waals surface area contributed by atoms with Crippen molar-refractivity contribution in [3.8, 4) is 28.6 Å². The van der Waals surface area contributed by atoms with Crippen molar-refractivity contribution in [2.45, 2.75) is 6.92 Å². The largest absolute Gasteiger partial charge is 0.496 e. The Morgan fingerprint density at radius 1 is 1.14 bits per heavy atom. The van der Waals surface area contributed by atoms with Crippen LogP contribution in [0.4, 0.5) is 5.13 Å². The van der Waals surface area contributed by atoms with Crippen LogP contribution in [0.3, 0.4) is 0 Å². The van der Waals surface area contributed by atoms with E-state index in [0.717, 1.165) is 11.3 Å². The molecule has 0 unspecified atom stereocenters. The Kier molecular flexibility index (Phi) is 6.40. The van der Waals surface area contributed by atoms with Crippen LogP contribution in [0.1, 0.15) is 21.6 Å². The Hall–Kier alpha value is -4.59. The minimum Gasteiger partial charge on any atom is -0.496 e. The first kappa shape index (κ1) is 24.1. The van der Waals surface area contributed by atoms with E-state index in [4.69, 9.17) is 21.6 Å². The minimum absolute atomic E-state index is 0.215. The molecule has 5 aromatic rings. The molecule has 0 radical (unpaired) electrons. The van der Waals surface area contributed by atoms with E-state index in [9.17, 15) is 9.59 Å². The van der Waals surface area contributed by atoms with Gasteiger partial charge in [0.2, 0.25) is 0 Å². The monoisotopic (exact) mass is 528 g/mol. The van der Waals surface area contributed by atoms with Crippen molar-refractivity contribution >= 4 is 44.3 Å². The first-order valence-electron chi connectivity index (χ1n) is 10.9. The van der Waals surface area contributed by atoms with Crippen molar-refractivity contribution < 1.29 is 9.53 Å². The first-order valence-corrected chi connectivity index (χ1v) is 12.1. The molecule has 0 fully saturated rings. The molecule has 1 amide bonds. The Balaban J connectivity index is 1.51. The third-order valence-corrected chi connectivity index (χ3v) is 6.73. The molecule has 0 atom stereocenters. The summed E-state index contributed by atoms with van der Waals surface area (Å²) >= 11 is 7.25. The second-order valence-corrected chi connectivity index (χ2v) is 9.36. The highest BCUT2D eigenvalue weighted by atomic mass is 35.5. The summed E-state index contributed by atoms with van der Waals surface area (Å²) in [5.74, 6) is 0.0904. The molecule has 0 saturated carbocycles. The smallest absolute Gasteiger partial charge is 0.277 e.